The van der Waals surface area contributed by atoms with Gasteiger partial charge in [-0.15, -0.1) is 0 Å². The Kier molecular flexibility index (Phi) is 2.99. The highest BCUT2D eigenvalue weighted by Crippen LogP contribution is 2.30. The third kappa shape index (κ3) is 2.27. The molecule has 104 valence electrons. The van der Waals surface area contributed by atoms with Crippen molar-refractivity contribution in [2.45, 2.75) is 26.3 Å². The molecule has 0 atom stereocenters. The molecule has 0 aliphatic rings. The molecule has 4 nitrogen and oxygen atoms in total. The lowest BCUT2D eigenvalue weighted by molar-refractivity contribution is 0.412. The van der Waals surface area contributed by atoms with Gasteiger partial charge in [-0.25, -0.2) is 4.98 Å². The van der Waals surface area contributed by atoms with E-state index in [0.29, 0.717) is 5.56 Å². The van der Waals surface area contributed by atoms with Crippen molar-refractivity contribution in [2.24, 2.45) is 0 Å². The molecular weight excluding hydrogens is 260 g/mol. The van der Waals surface area contributed by atoms with Crippen LogP contribution in [0.3, 0.4) is 0 Å². The van der Waals surface area contributed by atoms with E-state index in [2.05, 4.69) is 36.4 Å². The number of imidazole rings is 1. The number of hydrogen-bond acceptors (Lipinski definition) is 3. The van der Waals surface area contributed by atoms with Crippen molar-refractivity contribution in [3.63, 3.8) is 0 Å². The van der Waals surface area contributed by atoms with Gasteiger partial charge in [0.25, 0.3) is 0 Å². The molecule has 2 heterocycles. The summed E-state index contributed by atoms with van der Waals surface area (Å²) < 4.78 is 2.17. The molecule has 0 fully saturated rings. The fraction of sp³-hybridized carbons (Fsp3) is 0.235. The Bertz CT molecular complexity index is 833. The predicted octanol–water partition coefficient (Wildman–Crippen LogP) is 3.72. The first-order chi connectivity index (χ1) is 10.0. The van der Waals surface area contributed by atoms with E-state index in [1.54, 1.807) is 6.20 Å². The van der Waals surface area contributed by atoms with Crippen LogP contribution >= 0.6 is 0 Å². The first-order valence-corrected chi connectivity index (χ1v) is 6.85. The third-order valence-electron chi connectivity index (χ3n) is 3.35. The molecule has 3 rings (SSSR count). The first-order valence-electron chi connectivity index (χ1n) is 6.85. The Labute approximate surface area is 123 Å². The van der Waals surface area contributed by atoms with Crippen molar-refractivity contribution < 1.29 is 0 Å². The Balaban J connectivity index is 2.36. The molecule has 0 spiro atoms. The number of fused-ring (bicyclic) bond motifs is 1. The van der Waals surface area contributed by atoms with Gasteiger partial charge in [0, 0.05) is 11.7 Å². The zero-order chi connectivity index (χ0) is 15.0. The van der Waals surface area contributed by atoms with Gasteiger partial charge in [-0.1, -0.05) is 6.07 Å². The van der Waals surface area contributed by atoms with Crippen LogP contribution in [0.5, 0.6) is 0 Å². The fourth-order valence-corrected chi connectivity index (χ4v) is 2.50. The molecule has 0 N–H and O–H groups in total. The van der Waals surface area contributed by atoms with Crippen LogP contribution < -0.4 is 0 Å². The summed E-state index contributed by atoms with van der Waals surface area (Å²) in [7, 11) is 0. The summed E-state index contributed by atoms with van der Waals surface area (Å²) in [5.41, 5.74) is 3.16. The van der Waals surface area contributed by atoms with Crippen molar-refractivity contribution >= 4 is 11.0 Å². The minimum atomic E-state index is -0.129. The predicted molar refractivity (Wildman–Crippen MR) is 82.7 cm³/mol. The van der Waals surface area contributed by atoms with Crippen molar-refractivity contribution in [2.75, 3.05) is 0 Å². The van der Waals surface area contributed by atoms with Crippen LogP contribution in [0.4, 0.5) is 0 Å². The van der Waals surface area contributed by atoms with Crippen LogP contribution in [0.1, 0.15) is 26.3 Å². The molecule has 0 unspecified atom stereocenters. The van der Waals surface area contributed by atoms with E-state index in [0.717, 1.165) is 22.6 Å². The van der Waals surface area contributed by atoms with Gasteiger partial charge in [-0.05, 0) is 51.1 Å². The van der Waals surface area contributed by atoms with Crippen molar-refractivity contribution in [1.82, 2.24) is 14.5 Å². The van der Waals surface area contributed by atoms with Gasteiger partial charge in [0.2, 0.25) is 0 Å². The van der Waals surface area contributed by atoms with Crippen molar-refractivity contribution in [1.29, 1.82) is 5.26 Å². The summed E-state index contributed by atoms with van der Waals surface area (Å²) in [6, 6.07) is 13.6. The summed E-state index contributed by atoms with van der Waals surface area (Å²) >= 11 is 0. The SMILES string of the molecule is CC(C)(C)n1c(-c2ccccn2)nc2cc(C#N)ccc21. The molecule has 4 heteroatoms. The summed E-state index contributed by atoms with van der Waals surface area (Å²) in [6.07, 6.45) is 1.77. The van der Waals surface area contributed by atoms with E-state index in [1.165, 1.54) is 0 Å². The fourth-order valence-electron chi connectivity index (χ4n) is 2.50. The van der Waals surface area contributed by atoms with Crippen LogP contribution in [0.25, 0.3) is 22.6 Å². The van der Waals surface area contributed by atoms with E-state index in [1.807, 2.05) is 36.4 Å². The maximum absolute atomic E-state index is 9.05. The zero-order valence-corrected chi connectivity index (χ0v) is 12.3. The highest BCUT2D eigenvalue weighted by atomic mass is 15.1. The second-order valence-corrected chi connectivity index (χ2v) is 5.97. The molecule has 21 heavy (non-hydrogen) atoms. The molecule has 2 aromatic heterocycles. The quantitative estimate of drug-likeness (QED) is 0.680. The van der Waals surface area contributed by atoms with E-state index in [9.17, 15) is 0 Å². The number of hydrogen-bond donors (Lipinski definition) is 0. The third-order valence-corrected chi connectivity index (χ3v) is 3.35. The summed E-state index contributed by atoms with van der Waals surface area (Å²) in [5.74, 6) is 0.827. The lowest BCUT2D eigenvalue weighted by Crippen LogP contribution is -2.22. The van der Waals surface area contributed by atoms with Gasteiger partial charge >= 0.3 is 0 Å². The monoisotopic (exact) mass is 276 g/mol. The molecule has 0 saturated carbocycles. The number of aromatic nitrogens is 3. The Morgan fingerprint density at radius 2 is 1.95 bits per heavy atom. The van der Waals surface area contributed by atoms with Gasteiger partial charge in [-0.3, -0.25) is 4.98 Å². The molecular formula is C17H16N4. The lowest BCUT2D eigenvalue weighted by atomic mass is 10.1. The Hall–Kier alpha value is -2.67. The summed E-state index contributed by atoms with van der Waals surface area (Å²) in [4.78, 5) is 9.12. The molecule has 0 radical (unpaired) electrons. The highest BCUT2D eigenvalue weighted by Gasteiger charge is 2.23. The van der Waals surface area contributed by atoms with E-state index < -0.39 is 0 Å². The lowest BCUT2D eigenvalue weighted by Gasteiger charge is -2.24. The van der Waals surface area contributed by atoms with E-state index in [4.69, 9.17) is 10.2 Å². The molecule has 0 aliphatic heterocycles. The van der Waals surface area contributed by atoms with Gasteiger partial charge in [0.05, 0.1) is 22.7 Å². The standard InChI is InChI=1S/C17H16N4/c1-17(2,3)21-15-8-7-12(11-18)10-14(15)20-16(21)13-6-4-5-9-19-13/h4-10H,1-3H3. The average Bonchev–Trinajstić information content (AvgIpc) is 2.86. The maximum Gasteiger partial charge on any atom is 0.160 e. The van der Waals surface area contributed by atoms with Gasteiger partial charge in [-0.2, -0.15) is 5.26 Å². The van der Waals surface area contributed by atoms with Crippen LogP contribution in [-0.4, -0.2) is 14.5 Å². The zero-order valence-electron chi connectivity index (χ0n) is 12.3. The van der Waals surface area contributed by atoms with E-state index >= 15 is 0 Å². The Morgan fingerprint density at radius 3 is 2.57 bits per heavy atom. The topological polar surface area (TPSA) is 54.5 Å². The Morgan fingerprint density at radius 1 is 1.14 bits per heavy atom. The maximum atomic E-state index is 9.05. The molecule has 1 aromatic carbocycles. The van der Waals surface area contributed by atoms with Crippen molar-refractivity contribution in [3.05, 3.63) is 48.2 Å². The number of rotatable bonds is 1. The van der Waals surface area contributed by atoms with Gasteiger partial charge < -0.3 is 4.57 Å². The number of nitrogens with zero attached hydrogens (tertiary/aromatic N) is 4. The smallest absolute Gasteiger partial charge is 0.160 e. The molecule has 0 aliphatic carbocycles. The van der Waals surface area contributed by atoms with Crippen LogP contribution in [0.2, 0.25) is 0 Å². The van der Waals surface area contributed by atoms with Gasteiger partial charge in [0.15, 0.2) is 5.82 Å². The first kappa shape index (κ1) is 13.3. The second kappa shape index (κ2) is 4.71. The number of nitriles is 1. The van der Waals surface area contributed by atoms with Crippen LogP contribution in [-0.2, 0) is 5.54 Å². The number of benzene rings is 1. The van der Waals surface area contributed by atoms with Crippen LogP contribution in [0, 0.1) is 11.3 Å². The van der Waals surface area contributed by atoms with Gasteiger partial charge in [0.1, 0.15) is 5.69 Å². The molecule has 0 amide bonds. The minimum Gasteiger partial charge on any atom is -0.317 e. The second-order valence-electron chi connectivity index (χ2n) is 5.97. The largest absolute Gasteiger partial charge is 0.317 e. The van der Waals surface area contributed by atoms with E-state index in [-0.39, 0.29) is 5.54 Å². The average molecular weight is 276 g/mol. The normalized spacial score (nSPS) is 11.5. The molecule has 3 aromatic rings. The summed E-state index contributed by atoms with van der Waals surface area (Å²) in [5, 5.41) is 9.05. The minimum absolute atomic E-state index is 0.129. The van der Waals surface area contributed by atoms with Crippen LogP contribution in [0.15, 0.2) is 42.6 Å². The molecule has 0 bridgehead atoms. The highest BCUT2D eigenvalue weighted by molar-refractivity contribution is 5.81. The molecule has 0 saturated heterocycles. The summed E-state index contributed by atoms with van der Waals surface area (Å²) in [6.45, 7) is 6.41. The van der Waals surface area contributed by atoms with Crippen molar-refractivity contribution in [3.8, 4) is 17.6 Å². The number of pyridine rings is 1.